The van der Waals surface area contributed by atoms with Gasteiger partial charge < -0.3 is 10.0 Å². The smallest absolute Gasteiger partial charge is 0.0779 e. The molecule has 4 heteroatoms. The van der Waals surface area contributed by atoms with Crippen molar-refractivity contribution in [1.29, 1.82) is 0 Å². The van der Waals surface area contributed by atoms with Crippen molar-refractivity contribution >= 4 is 23.2 Å². The third kappa shape index (κ3) is 2.94. The highest BCUT2D eigenvalue weighted by atomic mass is 35.5. The SMILES string of the molecule is CN(C)C[C@@]1(C)CCCC[C@]1(O)C1C=CC(Cl)=C(Cl)C1. The number of halogens is 2. The fraction of sp³-hybridized carbons (Fsp3) is 0.750. The summed E-state index contributed by atoms with van der Waals surface area (Å²) in [6.07, 6.45) is 8.71. The molecule has 2 aliphatic carbocycles. The Hall–Kier alpha value is -0.0200. The zero-order valence-corrected chi connectivity index (χ0v) is 14.1. The molecule has 1 saturated carbocycles. The lowest BCUT2D eigenvalue weighted by atomic mass is 9.58. The molecule has 1 unspecified atom stereocenters. The zero-order valence-electron chi connectivity index (χ0n) is 12.6. The molecule has 0 amide bonds. The molecular weight excluding hydrogens is 293 g/mol. The Balaban J connectivity index is 2.28. The maximum Gasteiger partial charge on any atom is 0.0779 e. The number of hydrogen-bond acceptors (Lipinski definition) is 2. The molecule has 0 heterocycles. The summed E-state index contributed by atoms with van der Waals surface area (Å²) in [5.41, 5.74) is -0.811. The molecule has 0 spiro atoms. The quantitative estimate of drug-likeness (QED) is 0.846. The molecule has 2 aliphatic rings. The van der Waals surface area contributed by atoms with Crippen LogP contribution < -0.4 is 0 Å². The van der Waals surface area contributed by atoms with Crippen LogP contribution in [0.25, 0.3) is 0 Å². The van der Waals surface area contributed by atoms with E-state index in [1.807, 2.05) is 12.2 Å². The van der Waals surface area contributed by atoms with Crippen LogP contribution in [-0.4, -0.2) is 36.2 Å². The zero-order chi connectivity index (χ0) is 15.0. The van der Waals surface area contributed by atoms with Crippen molar-refractivity contribution in [1.82, 2.24) is 4.90 Å². The molecule has 0 radical (unpaired) electrons. The van der Waals surface area contributed by atoms with Gasteiger partial charge in [0.15, 0.2) is 0 Å². The summed E-state index contributed by atoms with van der Waals surface area (Å²) in [6, 6.07) is 0. The number of allylic oxidation sites excluding steroid dienone is 3. The number of nitrogens with zero attached hydrogens (tertiary/aromatic N) is 1. The standard InChI is InChI=1S/C16H25Cl2NO/c1-15(11-19(2)3)8-4-5-9-16(15,20)12-6-7-13(17)14(18)10-12/h6-7,12,20H,4-5,8-11H2,1-3H3/t12?,15-,16+/m1/s1. The summed E-state index contributed by atoms with van der Waals surface area (Å²) < 4.78 is 0. The molecule has 1 fully saturated rings. The summed E-state index contributed by atoms with van der Waals surface area (Å²) in [7, 11) is 4.14. The second-order valence-electron chi connectivity index (χ2n) is 6.85. The van der Waals surface area contributed by atoms with Gasteiger partial charge in [0.2, 0.25) is 0 Å². The molecule has 114 valence electrons. The summed E-state index contributed by atoms with van der Waals surface area (Å²) in [5.74, 6) is 0.0581. The molecule has 0 aromatic carbocycles. The van der Waals surface area contributed by atoms with Gasteiger partial charge in [0, 0.05) is 22.9 Å². The van der Waals surface area contributed by atoms with E-state index in [1.54, 1.807) is 0 Å². The van der Waals surface area contributed by atoms with Crippen LogP contribution in [0.5, 0.6) is 0 Å². The lowest BCUT2D eigenvalue weighted by molar-refractivity contribution is -0.141. The first-order chi connectivity index (χ1) is 9.28. The van der Waals surface area contributed by atoms with E-state index < -0.39 is 5.60 Å². The number of hydrogen-bond donors (Lipinski definition) is 1. The maximum atomic E-state index is 11.5. The molecule has 20 heavy (non-hydrogen) atoms. The normalized spacial score (nSPS) is 38.6. The van der Waals surface area contributed by atoms with Crippen molar-refractivity contribution in [2.24, 2.45) is 11.3 Å². The van der Waals surface area contributed by atoms with Crippen LogP contribution in [0.15, 0.2) is 22.2 Å². The third-order valence-electron chi connectivity index (χ3n) is 4.99. The molecule has 3 atom stereocenters. The molecule has 1 N–H and O–H groups in total. The predicted molar refractivity (Wildman–Crippen MR) is 86.1 cm³/mol. The Bertz CT molecular complexity index is 432. The van der Waals surface area contributed by atoms with E-state index in [4.69, 9.17) is 23.2 Å². The Labute approximate surface area is 132 Å². The van der Waals surface area contributed by atoms with Crippen LogP contribution in [0.2, 0.25) is 0 Å². The fourth-order valence-electron chi connectivity index (χ4n) is 3.95. The highest BCUT2D eigenvalue weighted by Gasteiger charge is 2.52. The predicted octanol–water partition coefficient (Wildman–Crippen LogP) is 4.12. The Morgan fingerprint density at radius 3 is 2.55 bits per heavy atom. The second kappa shape index (κ2) is 6.00. The van der Waals surface area contributed by atoms with E-state index in [-0.39, 0.29) is 11.3 Å². The van der Waals surface area contributed by atoms with Crippen molar-refractivity contribution in [3.63, 3.8) is 0 Å². The van der Waals surface area contributed by atoms with E-state index in [2.05, 4.69) is 25.9 Å². The van der Waals surface area contributed by atoms with Crippen molar-refractivity contribution in [3.8, 4) is 0 Å². The molecule has 0 aliphatic heterocycles. The maximum absolute atomic E-state index is 11.5. The number of aliphatic hydroxyl groups is 1. The minimum Gasteiger partial charge on any atom is -0.389 e. The Kier molecular flexibility index (Phi) is 4.91. The molecule has 0 bridgehead atoms. The van der Waals surface area contributed by atoms with Gasteiger partial charge in [-0.2, -0.15) is 0 Å². The topological polar surface area (TPSA) is 23.5 Å². The van der Waals surface area contributed by atoms with Gasteiger partial charge in [-0.1, -0.05) is 49.0 Å². The summed E-state index contributed by atoms with van der Waals surface area (Å²) in [5, 5.41) is 12.7. The van der Waals surface area contributed by atoms with Gasteiger partial charge >= 0.3 is 0 Å². The van der Waals surface area contributed by atoms with E-state index in [1.165, 1.54) is 6.42 Å². The molecule has 0 aromatic rings. The Morgan fingerprint density at radius 2 is 1.95 bits per heavy atom. The van der Waals surface area contributed by atoms with Gasteiger partial charge in [0.25, 0.3) is 0 Å². The number of rotatable bonds is 3. The lowest BCUT2D eigenvalue weighted by Crippen LogP contribution is -2.57. The van der Waals surface area contributed by atoms with Crippen LogP contribution in [0.3, 0.4) is 0 Å². The monoisotopic (exact) mass is 317 g/mol. The largest absolute Gasteiger partial charge is 0.389 e. The van der Waals surface area contributed by atoms with E-state index >= 15 is 0 Å². The van der Waals surface area contributed by atoms with Crippen LogP contribution in [0.4, 0.5) is 0 Å². The second-order valence-corrected chi connectivity index (χ2v) is 7.72. The van der Waals surface area contributed by atoms with Crippen molar-refractivity contribution < 1.29 is 5.11 Å². The van der Waals surface area contributed by atoms with Crippen LogP contribution in [0.1, 0.15) is 39.0 Å². The first-order valence-electron chi connectivity index (χ1n) is 7.38. The molecule has 0 saturated heterocycles. The van der Waals surface area contributed by atoms with Crippen molar-refractivity contribution in [2.75, 3.05) is 20.6 Å². The molecular formula is C16H25Cl2NO. The van der Waals surface area contributed by atoms with Crippen molar-refractivity contribution in [3.05, 3.63) is 22.2 Å². The summed E-state index contributed by atoms with van der Waals surface area (Å²) in [4.78, 5) is 2.17. The molecule has 2 rings (SSSR count). The minimum atomic E-state index is -0.705. The van der Waals surface area contributed by atoms with E-state index in [0.29, 0.717) is 16.5 Å². The first kappa shape index (κ1) is 16.4. The third-order valence-corrected chi connectivity index (χ3v) is 5.80. The van der Waals surface area contributed by atoms with Crippen molar-refractivity contribution in [2.45, 2.75) is 44.6 Å². The Morgan fingerprint density at radius 1 is 1.30 bits per heavy atom. The lowest BCUT2D eigenvalue weighted by Gasteiger charge is -2.53. The summed E-state index contributed by atoms with van der Waals surface area (Å²) >= 11 is 12.3. The van der Waals surface area contributed by atoms with Gasteiger partial charge in [-0.25, -0.2) is 0 Å². The van der Waals surface area contributed by atoms with Gasteiger partial charge in [-0.3, -0.25) is 0 Å². The van der Waals surface area contributed by atoms with E-state index in [9.17, 15) is 5.11 Å². The van der Waals surface area contributed by atoms with Gasteiger partial charge in [-0.15, -0.1) is 0 Å². The fourth-order valence-corrected chi connectivity index (χ4v) is 4.33. The molecule has 0 aromatic heterocycles. The van der Waals surface area contributed by atoms with Crippen LogP contribution >= 0.6 is 23.2 Å². The van der Waals surface area contributed by atoms with Crippen LogP contribution in [0, 0.1) is 11.3 Å². The minimum absolute atomic E-state index is 0.0581. The highest BCUT2D eigenvalue weighted by molar-refractivity contribution is 6.40. The van der Waals surface area contributed by atoms with Crippen LogP contribution in [-0.2, 0) is 0 Å². The average molecular weight is 318 g/mol. The summed E-state index contributed by atoms with van der Waals surface area (Å²) in [6.45, 7) is 3.11. The van der Waals surface area contributed by atoms with Gasteiger partial charge in [-0.05, 0) is 39.4 Å². The average Bonchev–Trinajstić information content (AvgIpc) is 2.35. The van der Waals surface area contributed by atoms with E-state index in [0.717, 1.165) is 25.8 Å². The highest BCUT2D eigenvalue weighted by Crippen LogP contribution is 2.51. The molecule has 2 nitrogen and oxygen atoms in total. The van der Waals surface area contributed by atoms with Gasteiger partial charge in [0.05, 0.1) is 10.6 Å². The van der Waals surface area contributed by atoms with Gasteiger partial charge in [0.1, 0.15) is 0 Å². The first-order valence-corrected chi connectivity index (χ1v) is 8.13.